The molecule has 0 bridgehead atoms. The summed E-state index contributed by atoms with van der Waals surface area (Å²) in [5, 5.41) is 11.0. The zero-order chi connectivity index (χ0) is 21.7. The normalized spacial score (nSPS) is 43.6. The summed E-state index contributed by atoms with van der Waals surface area (Å²) in [7, 11) is 0. The van der Waals surface area contributed by atoms with E-state index >= 15 is 0 Å². The van der Waals surface area contributed by atoms with Crippen LogP contribution in [0.3, 0.4) is 0 Å². The van der Waals surface area contributed by atoms with Crippen molar-refractivity contribution in [2.24, 2.45) is 40.4 Å². The van der Waals surface area contributed by atoms with Gasteiger partial charge in [-0.15, -0.1) is 0 Å². The second-order valence-electron chi connectivity index (χ2n) is 11.3. The number of esters is 1. The third kappa shape index (κ3) is 3.62. The molecule has 0 spiro atoms. The van der Waals surface area contributed by atoms with E-state index in [0.717, 1.165) is 43.4 Å². The number of fused-ring (bicyclic) bond motifs is 5. The molecule has 3 saturated carbocycles. The Balaban J connectivity index is 1.51. The average molecular weight is 416 g/mol. The highest BCUT2D eigenvalue weighted by Crippen LogP contribution is 2.67. The molecule has 8 atom stereocenters. The van der Waals surface area contributed by atoms with Crippen LogP contribution in [0.2, 0.25) is 0 Å². The van der Waals surface area contributed by atoms with Crippen LogP contribution < -0.4 is 5.11 Å². The van der Waals surface area contributed by atoms with Crippen molar-refractivity contribution in [2.75, 3.05) is 0 Å². The lowest BCUT2D eigenvalue weighted by Crippen LogP contribution is -2.51. The fourth-order valence-electron chi connectivity index (χ4n) is 8.48. The third-order valence-electron chi connectivity index (χ3n) is 9.96. The van der Waals surface area contributed by atoms with Crippen molar-refractivity contribution in [3.05, 3.63) is 11.6 Å². The maximum atomic E-state index is 11.4. The standard InChI is InChI=1S/C26H40O4/c1-16(5-10-24(28)29)21-8-9-22-20-7-6-18-15-19(30-17(2)27)11-13-25(18,3)23(20)12-14-26(21,22)4/h6,16,19-23H,5,7-15H2,1-4H3,(H,28,29)/p-1/t16-,19+,20+,21+,22+,23+,25+,26-/m1/s1. The van der Waals surface area contributed by atoms with Crippen LogP contribution in [0.15, 0.2) is 11.6 Å². The van der Waals surface area contributed by atoms with Crippen molar-refractivity contribution in [2.45, 2.75) is 98.0 Å². The molecule has 3 fully saturated rings. The summed E-state index contributed by atoms with van der Waals surface area (Å²) < 4.78 is 5.56. The van der Waals surface area contributed by atoms with Crippen LogP contribution in [-0.4, -0.2) is 18.0 Å². The lowest BCUT2D eigenvalue weighted by atomic mass is 9.47. The second-order valence-corrected chi connectivity index (χ2v) is 11.3. The molecule has 0 aromatic rings. The number of carboxylic acids is 1. The molecule has 4 aliphatic rings. The predicted octanol–water partition coefficient (Wildman–Crippen LogP) is 4.66. The Kier molecular flexibility index (Phi) is 5.83. The fourth-order valence-corrected chi connectivity index (χ4v) is 8.48. The highest BCUT2D eigenvalue weighted by atomic mass is 16.5. The van der Waals surface area contributed by atoms with Gasteiger partial charge in [-0.05, 0) is 98.2 Å². The first-order chi connectivity index (χ1) is 14.1. The van der Waals surface area contributed by atoms with E-state index in [0.29, 0.717) is 17.3 Å². The van der Waals surface area contributed by atoms with Gasteiger partial charge in [0.2, 0.25) is 0 Å². The van der Waals surface area contributed by atoms with Gasteiger partial charge in [0, 0.05) is 19.3 Å². The van der Waals surface area contributed by atoms with E-state index in [1.165, 1.54) is 39.0 Å². The number of carbonyl (C=O) groups is 2. The van der Waals surface area contributed by atoms with Crippen LogP contribution in [-0.2, 0) is 14.3 Å². The van der Waals surface area contributed by atoms with Crippen LogP contribution >= 0.6 is 0 Å². The van der Waals surface area contributed by atoms with Crippen LogP contribution in [0.5, 0.6) is 0 Å². The van der Waals surface area contributed by atoms with Crippen LogP contribution in [0, 0.1) is 40.4 Å². The molecule has 4 aliphatic carbocycles. The van der Waals surface area contributed by atoms with Crippen molar-refractivity contribution in [1.29, 1.82) is 0 Å². The molecular weight excluding hydrogens is 376 g/mol. The summed E-state index contributed by atoms with van der Waals surface area (Å²) >= 11 is 0. The molecule has 0 aromatic carbocycles. The summed E-state index contributed by atoms with van der Waals surface area (Å²) in [4.78, 5) is 22.4. The molecule has 0 radical (unpaired) electrons. The Morgan fingerprint density at radius 3 is 2.63 bits per heavy atom. The summed E-state index contributed by atoms with van der Waals surface area (Å²) in [5.74, 6) is 2.28. The number of hydrogen-bond donors (Lipinski definition) is 0. The fraction of sp³-hybridized carbons (Fsp3) is 0.846. The minimum atomic E-state index is -0.910. The Morgan fingerprint density at radius 1 is 1.17 bits per heavy atom. The molecule has 4 heteroatoms. The van der Waals surface area contributed by atoms with E-state index in [4.69, 9.17) is 4.74 Å². The van der Waals surface area contributed by atoms with Gasteiger partial charge in [0.05, 0.1) is 0 Å². The summed E-state index contributed by atoms with van der Waals surface area (Å²) in [6, 6.07) is 0. The molecule has 168 valence electrons. The average Bonchev–Trinajstić information content (AvgIpc) is 3.03. The molecule has 0 saturated heterocycles. The van der Waals surface area contributed by atoms with E-state index in [-0.39, 0.29) is 23.9 Å². The Hall–Kier alpha value is -1.32. The molecule has 0 N–H and O–H groups in total. The first-order valence-corrected chi connectivity index (χ1v) is 12.2. The maximum Gasteiger partial charge on any atom is 0.302 e. The van der Waals surface area contributed by atoms with Crippen molar-refractivity contribution in [3.63, 3.8) is 0 Å². The largest absolute Gasteiger partial charge is 0.550 e. The summed E-state index contributed by atoms with van der Waals surface area (Å²) in [5.41, 5.74) is 2.16. The van der Waals surface area contributed by atoms with Crippen LogP contribution in [0.25, 0.3) is 0 Å². The molecule has 0 amide bonds. The number of hydrogen-bond acceptors (Lipinski definition) is 4. The maximum absolute atomic E-state index is 11.4. The number of carboxylic acid groups (broad SMARTS) is 1. The number of allylic oxidation sites excluding steroid dienone is 1. The zero-order valence-electron chi connectivity index (χ0n) is 19.2. The number of carbonyl (C=O) groups excluding carboxylic acids is 2. The molecule has 0 unspecified atom stereocenters. The van der Waals surface area contributed by atoms with Gasteiger partial charge in [0.25, 0.3) is 0 Å². The van der Waals surface area contributed by atoms with Gasteiger partial charge in [-0.2, -0.15) is 0 Å². The molecular formula is C26H39O4-. The van der Waals surface area contributed by atoms with E-state index in [9.17, 15) is 14.7 Å². The first kappa shape index (κ1) is 21.9. The zero-order valence-corrected chi connectivity index (χ0v) is 19.2. The van der Waals surface area contributed by atoms with E-state index < -0.39 is 5.97 Å². The summed E-state index contributed by atoms with van der Waals surface area (Å²) in [6.45, 7) is 8.78. The number of ether oxygens (including phenoxy) is 1. The highest BCUT2D eigenvalue weighted by molar-refractivity contribution is 5.66. The molecule has 0 aromatic heterocycles. The molecule has 30 heavy (non-hydrogen) atoms. The molecule has 4 nitrogen and oxygen atoms in total. The molecule has 4 rings (SSSR count). The van der Waals surface area contributed by atoms with Gasteiger partial charge in [0.1, 0.15) is 6.10 Å². The van der Waals surface area contributed by atoms with E-state index in [2.05, 4.69) is 26.8 Å². The van der Waals surface area contributed by atoms with Crippen molar-refractivity contribution < 1.29 is 19.4 Å². The topological polar surface area (TPSA) is 66.4 Å². The van der Waals surface area contributed by atoms with Gasteiger partial charge >= 0.3 is 5.97 Å². The number of rotatable bonds is 5. The lowest BCUT2D eigenvalue weighted by molar-refractivity contribution is -0.306. The minimum absolute atomic E-state index is 0.0627. The minimum Gasteiger partial charge on any atom is -0.550 e. The van der Waals surface area contributed by atoms with Gasteiger partial charge < -0.3 is 14.6 Å². The SMILES string of the molecule is CC(=O)O[C@H]1CC[C@@]2(C)C(=CC[C@H]3[C@@H]4CC[C@@H]([C@H](C)CCC(=O)[O-])[C@@]4(C)CC[C@@H]32)C1. The van der Waals surface area contributed by atoms with Crippen molar-refractivity contribution in [1.82, 2.24) is 0 Å². The predicted molar refractivity (Wildman–Crippen MR) is 114 cm³/mol. The van der Waals surface area contributed by atoms with Crippen LogP contribution in [0.1, 0.15) is 91.9 Å². The molecule has 0 aliphatic heterocycles. The summed E-state index contributed by atoms with van der Waals surface area (Å²) in [6.07, 6.45) is 12.8. The van der Waals surface area contributed by atoms with Gasteiger partial charge in [-0.25, -0.2) is 0 Å². The monoisotopic (exact) mass is 415 g/mol. The Bertz CT molecular complexity index is 727. The van der Waals surface area contributed by atoms with E-state index in [1.807, 2.05) is 0 Å². The van der Waals surface area contributed by atoms with Gasteiger partial charge in [-0.1, -0.05) is 32.4 Å². The third-order valence-corrected chi connectivity index (χ3v) is 9.96. The van der Waals surface area contributed by atoms with E-state index in [1.54, 1.807) is 5.57 Å². The molecule has 0 heterocycles. The van der Waals surface area contributed by atoms with Crippen LogP contribution in [0.4, 0.5) is 0 Å². The first-order valence-electron chi connectivity index (χ1n) is 12.2. The van der Waals surface area contributed by atoms with Crippen molar-refractivity contribution >= 4 is 11.9 Å². The van der Waals surface area contributed by atoms with Gasteiger partial charge in [0.15, 0.2) is 0 Å². The smallest absolute Gasteiger partial charge is 0.302 e. The second kappa shape index (κ2) is 7.98. The quantitative estimate of drug-likeness (QED) is 0.484. The highest BCUT2D eigenvalue weighted by Gasteiger charge is 2.59. The van der Waals surface area contributed by atoms with Gasteiger partial charge in [-0.3, -0.25) is 4.79 Å². The Morgan fingerprint density at radius 2 is 1.93 bits per heavy atom. The van der Waals surface area contributed by atoms with Crippen molar-refractivity contribution in [3.8, 4) is 0 Å². The number of aliphatic carboxylic acids is 1. The Labute approximate surface area is 181 Å². The lowest BCUT2D eigenvalue weighted by Gasteiger charge is -2.58.